The number of fused-ring (bicyclic) bond motifs is 1. The number of ether oxygens (including phenoxy) is 1. The fourth-order valence-corrected chi connectivity index (χ4v) is 3.70. The largest absolute Gasteiger partial charge is 0.477 e. The van der Waals surface area contributed by atoms with E-state index in [1.807, 2.05) is 42.5 Å². The van der Waals surface area contributed by atoms with E-state index in [2.05, 4.69) is 22.5 Å². The van der Waals surface area contributed by atoms with Gasteiger partial charge in [0.25, 0.3) is 0 Å². The van der Waals surface area contributed by atoms with E-state index in [0.29, 0.717) is 24.3 Å². The molecule has 2 atom stereocenters. The second-order valence-electron chi connectivity index (χ2n) is 5.30. The van der Waals surface area contributed by atoms with E-state index in [4.69, 9.17) is 9.72 Å². The number of rotatable bonds is 4. The predicted molar refractivity (Wildman–Crippen MR) is 85.1 cm³/mol. The molecule has 1 aliphatic rings. The molecule has 4 heteroatoms. The lowest BCUT2D eigenvalue weighted by atomic mass is 10.2. The van der Waals surface area contributed by atoms with E-state index in [1.54, 1.807) is 0 Å². The van der Waals surface area contributed by atoms with Crippen LogP contribution >= 0.6 is 11.3 Å². The van der Waals surface area contributed by atoms with Gasteiger partial charge >= 0.3 is 0 Å². The van der Waals surface area contributed by atoms with Crippen molar-refractivity contribution in [2.24, 2.45) is 0 Å². The highest BCUT2D eigenvalue weighted by atomic mass is 32.1. The van der Waals surface area contributed by atoms with Crippen LogP contribution in [0.2, 0.25) is 0 Å². The van der Waals surface area contributed by atoms with Crippen LogP contribution in [0.3, 0.4) is 0 Å². The van der Waals surface area contributed by atoms with Gasteiger partial charge in [0.2, 0.25) is 5.88 Å². The average Bonchev–Trinajstić information content (AvgIpc) is 3.11. The molecule has 0 saturated heterocycles. The molecule has 2 unspecified atom stereocenters. The number of para-hydroxylation sites is 2. The first-order valence-corrected chi connectivity index (χ1v) is 8.17. The molecule has 0 spiro atoms. The summed E-state index contributed by atoms with van der Waals surface area (Å²) >= 11 is 1.83. The lowest BCUT2D eigenvalue weighted by molar-refractivity contribution is 0.322. The maximum Gasteiger partial charge on any atom is 0.236 e. The van der Waals surface area contributed by atoms with E-state index >= 15 is 0 Å². The molecule has 3 aromatic rings. The third kappa shape index (κ3) is 2.29. The molecular weight excluding hydrogens is 280 g/mol. The second kappa shape index (κ2) is 5.11. The first-order chi connectivity index (χ1) is 10.4. The van der Waals surface area contributed by atoms with Gasteiger partial charge in [-0.3, -0.25) is 0 Å². The van der Waals surface area contributed by atoms with E-state index < -0.39 is 0 Å². The van der Waals surface area contributed by atoms with E-state index in [9.17, 15) is 0 Å². The number of hydrogen-bond donors (Lipinski definition) is 0. The Labute approximate surface area is 127 Å². The molecule has 4 rings (SSSR count). The molecule has 0 amide bonds. The van der Waals surface area contributed by atoms with Gasteiger partial charge in [0.15, 0.2) is 0 Å². The van der Waals surface area contributed by atoms with Gasteiger partial charge in [-0.2, -0.15) is 0 Å². The Hall–Kier alpha value is -1.94. The molecule has 1 fully saturated rings. The van der Waals surface area contributed by atoms with Crippen molar-refractivity contribution in [1.82, 2.24) is 9.97 Å². The van der Waals surface area contributed by atoms with Crippen molar-refractivity contribution < 1.29 is 4.74 Å². The van der Waals surface area contributed by atoms with Gasteiger partial charge in [0, 0.05) is 16.7 Å². The number of thiophene rings is 1. The summed E-state index contributed by atoms with van der Waals surface area (Å²) < 4.78 is 5.74. The first kappa shape index (κ1) is 12.8. The van der Waals surface area contributed by atoms with Crippen LogP contribution in [0.1, 0.15) is 35.8 Å². The zero-order chi connectivity index (χ0) is 14.2. The van der Waals surface area contributed by atoms with Crippen molar-refractivity contribution in [3.05, 3.63) is 52.3 Å². The molecular formula is C17H16N2OS. The van der Waals surface area contributed by atoms with Crippen LogP contribution in [0, 0.1) is 0 Å². The van der Waals surface area contributed by atoms with Gasteiger partial charge in [-0.05, 0) is 36.9 Å². The van der Waals surface area contributed by atoms with Crippen molar-refractivity contribution in [1.29, 1.82) is 0 Å². The summed E-state index contributed by atoms with van der Waals surface area (Å²) in [6.07, 6.45) is 1.15. The molecule has 21 heavy (non-hydrogen) atoms. The van der Waals surface area contributed by atoms with Crippen LogP contribution in [0.25, 0.3) is 11.0 Å². The SMILES string of the molecule is CCOc1nc2ccccc2nc1C1CC1c1cccs1. The summed E-state index contributed by atoms with van der Waals surface area (Å²) in [6.45, 7) is 2.61. The molecule has 0 N–H and O–H groups in total. The second-order valence-corrected chi connectivity index (χ2v) is 6.28. The molecule has 0 radical (unpaired) electrons. The van der Waals surface area contributed by atoms with Crippen LogP contribution < -0.4 is 4.74 Å². The highest BCUT2D eigenvalue weighted by Crippen LogP contribution is 2.56. The molecule has 2 aromatic heterocycles. The van der Waals surface area contributed by atoms with Crippen molar-refractivity contribution in [3.63, 3.8) is 0 Å². The Morgan fingerprint density at radius 3 is 2.62 bits per heavy atom. The smallest absolute Gasteiger partial charge is 0.236 e. The minimum atomic E-state index is 0.447. The normalized spacial score (nSPS) is 20.6. The Morgan fingerprint density at radius 2 is 1.90 bits per heavy atom. The molecule has 3 nitrogen and oxygen atoms in total. The summed E-state index contributed by atoms with van der Waals surface area (Å²) in [5.41, 5.74) is 2.87. The Morgan fingerprint density at radius 1 is 1.10 bits per heavy atom. The Balaban J connectivity index is 1.75. The van der Waals surface area contributed by atoms with Gasteiger partial charge in [0.05, 0.1) is 17.6 Å². The lowest BCUT2D eigenvalue weighted by Crippen LogP contribution is -2.02. The number of benzene rings is 1. The van der Waals surface area contributed by atoms with Crippen LogP contribution in [0.5, 0.6) is 5.88 Å². The van der Waals surface area contributed by atoms with Crippen molar-refractivity contribution in [2.45, 2.75) is 25.2 Å². The zero-order valence-electron chi connectivity index (χ0n) is 11.8. The fourth-order valence-electron chi connectivity index (χ4n) is 2.80. The number of aromatic nitrogens is 2. The summed E-state index contributed by atoms with van der Waals surface area (Å²) in [4.78, 5) is 10.9. The molecule has 0 bridgehead atoms. The lowest BCUT2D eigenvalue weighted by Gasteiger charge is -2.09. The quantitative estimate of drug-likeness (QED) is 0.717. The zero-order valence-corrected chi connectivity index (χ0v) is 12.6. The van der Waals surface area contributed by atoms with Gasteiger partial charge in [0.1, 0.15) is 5.69 Å². The molecule has 0 aliphatic heterocycles. The molecule has 2 heterocycles. The van der Waals surface area contributed by atoms with Crippen LogP contribution in [0.4, 0.5) is 0 Å². The van der Waals surface area contributed by atoms with E-state index in [-0.39, 0.29) is 0 Å². The molecule has 106 valence electrons. The highest BCUT2D eigenvalue weighted by molar-refractivity contribution is 7.10. The monoisotopic (exact) mass is 296 g/mol. The van der Waals surface area contributed by atoms with Crippen LogP contribution in [0.15, 0.2) is 41.8 Å². The molecule has 1 aliphatic carbocycles. The average molecular weight is 296 g/mol. The van der Waals surface area contributed by atoms with Crippen molar-refractivity contribution >= 4 is 22.4 Å². The standard InChI is InChI=1S/C17H16N2OS/c1-2-20-17-16(12-10-11(12)15-8-5-9-21-15)18-13-6-3-4-7-14(13)19-17/h3-9,11-12H,2,10H2,1H3. The van der Waals surface area contributed by atoms with E-state index in [0.717, 1.165) is 23.1 Å². The van der Waals surface area contributed by atoms with Gasteiger partial charge in [-0.15, -0.1) is 11.3 Å². The predicted octanol–water partition coefficient (Wildman–Crippen LogP) is 4.36. The minimum Gasteiger partial charge on any atom is -0.477 e. The topological polar surface area (TPSA) is 35.0 Å². The third-order valence-electron chi connectivity index (χ3n) is 3.90. The van der Waals surface area contributed by atoms with Crippen molar-refractivity contribution in [2.75, 3.05) is 6.61 Å². The maximum absolute atomic E-state index is 5.74. The van der Waals surface area contributed by atoms with Gasteiger partial charge in [-0.25, -0.2) is 9.97 Å². The number of nitrogens with zero attached hydrogens (tertiary/aromatic N) is 2. The molecule has 1 saturated carbocycles. The van der Waals surface area contributed by atoms with Crippen molar-refractivity contribution in [3.8, 4) is 5.88 Å². The summed E-state index contributed by atoms with van der Waals surface area (Å²) in [5, 5.41) is 2.14. The van der Waals surface area contributed by atoms with Gasteiger partial charge in [-0.1, -0.05) is 18.2 Å². The van der Waals surface area contributed by atoms with Crippen LogP contribution in [-0.2, 0) is 0 Å². The van der Waals surface area contributed by atoms with Gasteiger partial charge < -0.3 is 4.74 Å². The number of hydrogen-bond acceptors (Lipinski definition) is 4. The summed E-state index contributed by atoms with van der Waals surface area (Å²) in [5.74, 6) is 1.74. The maximum atomic E-state index is 5.74. The summed E-state index contributed by atoms with van der Waals surface area (Å²) in [7, 11) is 0. The van der Waals surface area contributed by atoms with E-state index in [1.165, 1.54) is 4.88 Å². The molecule has 1 aromatic carbocycles. The highest BCUT2D eigenvalue weighted by Gasteiger charge is 2.43. The Kier molecular flexibility index (Phi) is 3.11. The summed E-state index contributed by atoms with van der Waals surface area (Å²) in [6, 6.07) is 12.3. The minimum absolute atomic E-state index is 0.447. The Bertz CT molecular complexity index is 770. The third-order valence-corrected chi connectivity index (χ3v) is 4.90. The fraction of sp³-hybridized carbons (Fsp3) is 0.294. The first-order valence-electron chi connectivity index (χ1n) is 7.29. The van der Waals surface area contributed by atoms with Crippen LogP contribution in [-0.4, -0.2) is 16.6 Å².